The summed E-state index contributed by atoms with van der Waals surface area (Å²) in [4.78, 5) is 32.4. The summed E-state index contributed by atoms with van der Waals surface area (Å²) in [5.74, 6) is 0.472. The average Bonchev–Trinajstić information content (AvgIpc) is 3.47. The third-order valence-electron chi connectivity index (χ3n) is 7.00. The van der Waals surface area contributed by atoms with Crippen LogP contribution in [0.3, 0.4) is 0 Å². The lowest BCUT2D eigenvalue weighted by molar-refractivity contribution is -0.152. The lowest BCUT2D eigenvalue weighted by atomic mass is 10.1. The van der Waals surface area contributed by atoms with Gasteiger partial charge in [-0.1, -0.05) is 12.1 Å². The molecule has 2 fully saturated rings. The highest BCUT2D eigenvalue weighted by atomic mass is 19.4. The van der Waals surface area contributed by atoms with Crippen molar-refractivity contribution in [1.29, 1.82) is 0 Å². The Hall–Kier alpha value is -3.28. The van der Waals surface area contributed by atoms with Gasteiger partial charge in [-0.25, -0.2) is 4.79 Å². The fourth-order valence-electron chi connectivity index (χ4n) is 5.22. The van der Waals surface area contributed by atoms with Gasteiger partial charge in [0, 0.05) is 37.9 Å². The molecule has 9 nitrogen and oxygen atoms in total. The molecule has 2 saturated heterocycles. The third-order valence-corrected chi connectivity index (χ3v) is 7.00. The number of halogens is 3. The number of amides is 2. The van der Waals surface area contributed by atoms with Gasteiger partial charge in [-0.15, -0.1) is 0 Å². The summed E-state index contributed by atoms with van der Waals surface area (Å²) in [7, 11) is 0. The van der Waals surface area contributed by atoms with Crippen LogP contribution in [0.4, 0.5) is 35.4 Å². The zero-order chi connectivity index (χ0) is 25.4. The van der Waals surface area contributed by atoms with Crippen molar-refractivity contribution in [3.05, 3.63) is 46.2 Å². The van der Waals surface area contributed by atoms with Gasteiger partial charge in [-0.3, -0.25) is 9.36 Å². The second kappa shape index (κ2) is 9.64. The van der Waals surface area contributed by atoms with E-state index in [1.807, 2.05) is 11.8 Å². The van der Waals surface area contributed by atoms with E-state index >= 15 is 0 Å². The first-order chi connectivity index (χ1) is 17.2. The molecule has 2 aromatic rings. The number of anilines is 3. The van der Waals surface area contributed by atoms with E-state index in [0.29, 0.717) is 37.6 Å². The van der Waals surface area contributed by atoms with Crippen LogP contribution in [-0.4, -0.2) is 66.2 Å². The van der Waals surface area contributed by atoms with Gasteiger partial charge in [0.25, 0.3) is 5.56 Å². The first-order valence-corrected chi connectivity index (χ1v) is 12.2. The maximum absolute atomic E-state index is 14.0. The predicted molar refractivity (Wildman–Crippen MR) is 129 cm³/mol. The summed E-state index contributed by atoms with van der Waals surface area (Å²) in [6.45, 7) is 3.43. The number of benzene rings is 1. The van der Waals surface area contributed by atoms with Crippen molar-refractivity contribution in [1.82, 2.24) is 14.9 Å². The molecule has 12 heteroatoms. The van der Waals surface area contributed by atoms with Crippen molar-refractivity contribution in [2.45, 2.75) is 57.1 Å². The lowest BCUT2D eigenvalue weighted by Gasteiger charge is -2.39. The van der Waals surface area contributed by atoms with Gasteiger partial charge in [0.2, 0.25) is 5.95 Å². The Balaban J connectivity index is 1.38. The number of carbonyl (C=O) groups is 1. The fourth-order valence-corrected chi connectivity index (χ4v) is 5.22. The molecule has 2 bridgehead atoms. The SMILES string of the molecule is CCNC(=O)Nc1ccc(CCN2c3nc(N4CC5CC4CO5)cc(=O)n3CCC2C(F)(F)F)cc1. The molecule has 194 valence electrons. The summed E-state index contributed by atoms with van der Waals surface area (Å²) in [6.07, 6.45) is -3.45. The molecule has 0 spiro atoms. The normalized spacial score (nSPS) is 23.1. The second-order valence-corrected chi connectivity index (χ2v) is 9.37. The Morgan fingerprint density at radius 2 is 2.03 bits per heavy atom. The largest absolute Gasteiger partial charge is 0.408 e. The van der Waals surface area contributed by atoms with Crippen molar-refractivity contribution in [2.24, 2.45) is 0 Å². The van der Waals surface area contributed by atoms with E-state index in [1.165, 1.54) is 15.5 Å². The van der Waals surface area contributed by atoms with E-state index in [1.54, 1.807) is 24.3 Å². The minimum atomic E-state index is -4.46. The maximum atomic E-state index is 14.0. The Bertz CT molecular complexity index is 1170. The van der Waals surface area contributed by atoms with Gasteiger partial charge in [-0.2, -0.15) is 18.2 Å². The Labute approximate surface area is 206 Å². The number of hydrogen-bond acceptors (Lipinski definition) is 6. The zero-order valence-corrected chi connectivity index (χ0v) is 19.9. The van der Waals surface area contributed by atoms with Crippen LogP contribution in [0, 0.1) is 0 Å². The van der Waals surface area contributed by atoms with Gasteiger partial charge >= 0.3 is 12.2 Å². The van der Waals surface area contributed by atoms with E-state index in [4.69, 9.17) is 4.74 Å². The molecule has 4 heterocycles. The average molecular weight is 507 g/mol. The molecule has 2 N–H and O–H groups in total. The van der Waals surface area contributed by atoms with Gasteiger partial charge < -0.3 is 25.2 Å². The molecule has 2 amide bonds. The van der Waals surface area contributed by atoms with Gasteiger partial charge in [0.05, 0.1) is 18.8 Å². The van der Waals surface area contributed by atoms with Crippen LogP contribution in [0.1, 0.15) is 25.3 Å². The summed E-state index contributed by atoms with van der Waals surface area (Å²) < 4.78 is 49.1. The van der Waals surface area contributed by atoms with Crippen LogP contribution in [0.5, 0.6) is 0 Å². The first kappa shape index (κ1) is 24.4. The number of alkyl halides is 3. The quantitative estimate of drug-likeness (QED) is 0.626. The molecule has 1 aromatic heterocycles. The number of aromatic nitrogens is 2. The maximum Gasteiger partial charge on any atom is 0.408 e. The molecular formula is C24H29F3N6O3. The van der Waals surface area contributed by atoms with E-state index in [9.17, 15) is 22.8 Å². The highest BCUT2D eigenvalue weighted by molar-refractivity contribution is 5.89. The minimum Gasteiger partial charge on any atom is -0.374 e. The number of nitrogens with zero attached hydrogens (tertiary/aromatic N) is 4. The monoisotopic (exact) mass is 506 g/mol. The summed E-state index contributed by atoms with van der Waals surface area (Å²) in [6, 6.07) is 6.43. The van der Waals surface area contributed by atoms with Gasteiger partial charge in [0.15, 0.2) is 0 Å². The van der Waals surface area contributed by atoms with Gasteiger partial charge in [0.1, 0.15) is 11.9 Å². The number of rotatable bonds is 6. The number of morpholine rings is 1. The van der Waals surface area contributed by atoms with Crippen molar-refractivity contribution >= 4 is 23.5 Å². The van der Waals surface area contributed by atoms with Crippen molar-refractivity contribution in [3.63, 3.8) is 0 Å². The molecule has 3 atom stereocenters. The molecule has 3 aliphatic heterocycles. The summed E-state index contributed by atoms with van der Waals surface area (Å²) in [5.41, 5.74) is 1.05. The molecular weight excluding hydrogens is 477 g/mol. The molecule has 0 aliphatic carbocycles. The van der Waals surface area contributed by atoms with Crippen LogP contribution >= 0.6 is 0 Å². The van der Waals surface area contributed by atoms with E-state index < -0.39 is 12.2 Å². The smallest absolute Gasteiger partial charge is 0.374 e. The number of ether oxygens (including phenoxy) is 1. The number of urea groups is 1. The van der Waals surface area contributed by atoms with Crippen LogP contribution in [0.15, 0.2) is 35.1 Å². The molecule has 0 saturated carbocycles. The molecule has 3 unspecified atom stereocenters. The summed E-state index contributed by atoms with van der Waals surface area (Å²) in [5, 5.41) is 5.33. The molecule has 1 aromatic carbocycles. The Kier molecular flexibility index (Phi) is 6.54. The highest BCUT2D eigenvalue weighted by Crippen LogP contribution is 2.36. The first-order valence-electron chi connectivity index (χ1n) is 12.2. The lowest BCUT2D eigenvalue weighted by Crippen LogP contribution is -2.53. The molecule has 3 aliphatic rings. The van der Waals surface area contributed by atoms with E-state index in [0.717, 1.165) is 12.0 Å². The van der Waals surface area contributed by atoms with Crippen molar-refractivity contribution in [3.8, 4) is 0 Å². The predicted octanol–water partition coefficient (Wildman–Crippen LogP) is 2.75. The standard InChI is InChI=1S/C24H29F3N6O3/c1-2-28-22(35)29-16-5-3-15(4-6-16)7-9-31-19(24(25,26)27)8-10-32-21(34)12-20(30-23(31)32)33-13-18-11-17(33)14-36-18/h3-6,12,17-19H,2,7-11,13-14H2,1H3,(H2,28,29,35). The second-order valence-electron chi connectivity index (χ2n) is 9.37. The molecule has 0 radical (unpaired) electrons. The van der Waals surface area contributed by atoms with Crippen LogP contribution in [0.25, 0.3) is 0 Å². The number of nitrogens with one attached hydrogen (secondary N) is 2. The van der Waals surface area contributed by atoms with Crippen molar-refractivity contribution < 1.29 is 22.7 Å². The number of carbonyl (C=O) groups excluding carboxylic acids is 1. The van der Waals surface area contributed by atoms with Crippen LogP contribution < -0.4 is 26.0 Å². The zero-order valence-electron chi connectivity index (χ0n) is 19.9. The fraction of sp³-hybridized carbons (Fsp3) is 0.542. The highest BCUT2D eigenvalue weighted by Gasteiger charge is 2.47. The van der Waals surface area contributed by atoms with Gasteiger partial charge in [-0.05, 0) is 43.9 Å². The van der Waals surface area contributed by atoms with E-state index in [2.05, 4.69) is 15.6 Å². The third kappa shape index (κ3) is 4.86. The molecule has 36 heavy (non-hydrogen) atoms. The Morgan fingerprint density at radius 3 is 2.67 bits per heavy atom. The summed E-state index contributed by atoms with van der Waals surface area (Å²) >= 11 is 0. The minimum absolute atomic E-state index is 0.0303. The van der Waals surface area contributed by atoms with E-state index in [-0.39, 0.29) is 49.2 Å². The molecule has 5 rings (SSSR count). The number of hydrogen-bond donors (Lipinski definition) is 2. The van der Waals surface area contributed by atoms with Crippen LogP contribution in [-0.2, 0) is 17.7 Å². The topological polar surface area (TPSA) is 91.7 Å². The van der Waals surface area contributed by atoms with Crippen LogP contribution in [0.2, 0.25) is 0 Å². The Morgan fingerprint density at radius 1 is 1.25 bits per heavy atom. The van der Waals surface area contributed by atoms with Crippen molar-refractivity contribution in [2.75, 3.05) is 41.4 Å². The number of fused-ring (bicyclic) bond motifs is 3.